The highest BCUT2D eigenvalue weighted by atomic mass is 32.5. The Bertz CT molecular complexity index is 1210. The summed E-state index contributed by atoms with van der Waals surface area (Å²) in [5, 5.41) is 9.21. The predicted octanol–water partition coefficient (Wildman–Crippen LogP) is 6.23. The molecular weight excluding hydrogens is 465 g/mol. The number of fused-ring (bicyclic) bond motifs is 1. The molecule has 0 fully saturated rings. The van der Waals surface area contributed by atoms with Crippen LogP contribution in [0.15, 0.2) is 146 Å². The van der Waals surface area contributed by atoms with Gasteiger partial charge in [0.1, 0.15) is 21.2 Å². The summed E-state index contributed by atoms with van der Waals surface area (Å²) in [5.74, 6) is 0. The van der Waals surface area contributed by atoms with Gasteiger partial charge in [0, 0.05) is 6.66 Å². The predicted molar refractivity (Wildman–Crippen MR) is 157 cm³/mol. The molecule has 0 N–H and O–H groups in total. The fourth-order valence-corrected chi connectivity index (χ4v) is 33.7. The van der Waals surface area contributed by atoms with E-state index < -0.39 is 21.2 Å². The van der Waals surface area contributed by atoms with E-state index in [4.69, 9.17) is 0 Å². The smallest absolute Gasteiger partial charge is 0.0620 e. The normalized spacial score (nSPS) is 16.1. The lowest BCUT2D eigenvalue weighted by Gasteiger charge is -2.30. The fourth-order valence-electron chi connectivity index (χ4n) is 5.62. The monoisotopic (exact) mass is 492 g/mol. The Morgan fingerprint density at radius 2 is 0.588 bits per heavy atom. The molecule has 0 saturated heterocycles. The van der Waals surface area contributed by atoms with Crippen molar-refractivity contribution in [3.8, 4) is 0 Å². The lowest BCUT2D eigenvalue weighted by Crippen LogP contribution is -2.34. The molecule has 0 spiro atoms. The van der Waals surface area contributed by atoms with E-state index in [0.29, 0.717) is 0 Å². The SMILES string of the molecule is CP1[P+](c2ccccc2)(c2ccccc2)c2ccccc2[P+]1(c1ccccc1)c1ccccc1. The van der Waals surface area contributed by atoms with Crippen molar-refractivity contribution in [2.45, 2.75) is 0 Å². The summed E-state index contributed by atoms with van der Waals surface area (Å²) in [6, 6.07) is 55.1. The van der Waals surface area contributed by atoms with E-state index in [2.05, 4.69) is 152 Å². The summed E-state index contributed by atoms with van der Waals surface area (Å²) in [7, 11) is -0.470. The first-order valence-electron chi connectivity index (χ1n) is 11.7. The van der Waals surface area contributed by atoms with E-state index in [1.165, 1.54) is 21.2 Å². The second kappa shape index (κ2) is 8.87. The molecule has 5 aromatic carbocycles. The quantitative estimate of drug-likeness (QED) is 0.261. The second-order valence-corrected chi connectivity index (χ2v) is 23.3. The first kappa shape index (κ1) is 21.9. The molecule has 0 radical (unpaired) electrons. The molecule has 5 aromatic rings. The molecule has 34 heavy (non-hydrogen) atoms. The van der Waals surface area contributed by atoms with Crippen molar-refractivity contribution in [1.82, 2.24) is 0 Å². The Balaban J connectivity index is 1.80. The number of benzene rings is 5. The molecule has 1 aliphatic rings. The molecule has 1 aliphatic heterocycles. The Labute approximate surface area is 204 Å². The molecule has 0 amide bonds. The summed E-state index contributed by atoms with van der Waals surface area (Å²) in [5.41, 5.74) is 0. The van der Waals surface area contributed by atoms with Gasteiger partial charge >= 0.3 is 0 Å². The zero-order valence-electron chi connectivity index (χ0n) is 19.2. The van der Waals surface area contributed by atoms with Crippen LogP contribution in [0.4, 0.5) is 0 Å². The first-order chi connectivity index (χ1) is 16.8. The van der Waals surface area contributed by atoms with Gasteiger partial charge in [-0.15, -0.1) is 0 Å². The van der Waals surface area contributed by atoms with Crippen molar-refractivity contribution < 1.29 is 0 Å². The molecule has 0 atom stereocenters. The molecule has 0 unspecified atom stereocenters. The van der Waals surface area contributed by atoms with Gasteiger partial charge in [0.05, 0.1) is 0 Å². The Hall–Kier alpha value is -2.61. The van der Waals surface area contributed by atoms with Crippen LogP contribution in [0.25, 0.3) is 0 Å². The van der Waals surface area contributed by atoms with Crippen LogP contribution in [0, 0.1) is 0 Å². The van der Waals surface area contributed by atoms with Gasteiger partial charge in [-0.2, -0.15) is 0 Å². The third-order valence-corrected chi connectivity index (χ3v) is 29.3. The summed E-state index contributed by atoms with van der Waals surface area (Å²) < 4.78 is 0. The molecular formula is C31H27P3+2. The summed E-state index contributed by atoms with van der Waals surface area (Å²) in [6.45, 7) is -1.12. The van der Waals surface area contributed by atoms with E-state index >= 15 is 0 Å². The highest BCUT2D eigenvalue weighted by molar-refractivity contribution is 8.80. The number of rotatable bonds is 4. The number of hydrogen-bond acceptors (Lipinski definition) is 0. The van der Waals surface area contributed by atoms with Gasteiger partial charge in [-0.25, -0.2) is 0 Å². The van der Waals surface area contributed by atoms with Crippen LogP contribution in [-0.2, 0) is 0 Å². The minimum Gasteiger partial charge on any atom is -0.0620 e. The maximum atomic E-state index is 2.62. The third kappa shape index (κ3) is 3.03. The van der Waals surface area contributed by atoms with Gasteiger partial charge in [0.2, 0.25) is 7.30 Å². The van der Waals surface area contributed by atoms with Crippen molar-refractivity contribution in [3.63, 3.8) is 0 Å². The van der Waals surface area contributed by atoms with Gasteiger partial charge in [-0.3, -0.25) is 0 Å². The van der Waals surface area contributed by atoms with Crippen LogP contribution in [-0.4, -0.2) is 6.66 Å². The first-order valence-corrected chi connectivity index (χ1v) is 18.4. The van der Waals surface area contributed by atoms with Crippen LogP contribution in [0.2, 0.25) is 0 Å². The van der Waals surface area contributed by atoms with Crippen LogP contribution in [0.3, 0.4) is 0 Å². The van der Waals surface area contributed by atoms with Gasteiger partial charge in [0.15, 0.2) is 24.5 Å². The lowest BCUT2D eigenvalue weighted by molar-refractivity contribution is 1.74. The van der Waals surface area contributed by atoms with Crippen molar-refractivity contribution >= 4 is 53.0 Å². The summed E-state index contributed by atoms with van der Waals surface area (Å²) >= 11 is 0. The second-order valence-electron chi connectivity index (χ2n) is 8.59. The summed E-state index contributed by atoms with van der Waals surface area (Å²) in [6.07, 6.45) is 0. The highest BCUT2D eigenvalue weighted by Crippen LogP contribution is 3.02. The molecule has 1 heterocycles. The zero-order valence-corrected chi connectivity index (χ0v) is 21.9. The molecule has 0 nitrogen and oxygen atoms in total. The van der Waals surface area contributed by atoms with Gasteiger partial charge < -0.3 is 0 Å². The molecule has 0 bridgehead atoms. The Morgan fingerprint density at radius 3 is 0.853 bits per heavy atom. The lowest BCUT2D eigenvalue weighted by atomic mass is 10.3. The third-order valence-electron chi connectivity index (χ3n) is 6.97. The van der Waals surface area contributed by atoms with E-state index in [1.54, 1.807) is 10.6 Å². The van der Waals surface area contributed by atoms with Crippen molar-refractivity contribution in [2.75, 3.05) is 6.66 Å². The van der Waals surface area contributed by atoms with Crippen molar-refractivity contribution in [3.05, 3.63) is 146 Å². The van der Waals surface area contributed by atoms with Crippen LogP contribution in [0.5, 0.6) is 0 Å². The van der Waals surface area contributed by atoms with Crippen LogP contribution >= 0.6 is 21.2 Å². The number of hydrogen-bond donors (Lipinski definition) is 0. The van der Waals surface area contributed by atoms with Crippen molar-refractivity contribution in [2.24, 2.45) is 0 Å². The van der Waals surface area contributed by atoms with Crippen LogP contribution in [0.1, 0.15) is 0 Å². The average molecular weight is 492 g/mol. The topological polar surface area (TPSA) is 0 Å². The minimum absolute atomic E-state index is 0.470. The molecule has 3 heteroatoms. The molecule has 164 valence electrons. The molecule has 0 aliphatic carbocycles. The van der Waals surface area contributed by atoms with E-state index in [9.17, 15) is 0 Å². The molecule has 0 aromatic heterocycles. The van der Waals surface area contributed by atoms with E-state index in [0.717, 1.165) is 0 Å². The minimum atomic E-state index is -1.87. The maximum absolute atomic E-state index is 2.62. The van der Waals surface area contributed by atoms with Gasteiger partial charge in [-0.05, 0) is 60.7 Å². The Kier molecular flexibility index (Phi) is 5.71. The largest absolute Gasteiger partial charge is 0.237 e. The molecule has 0 saturated carbocycles. The zero-order chi connectivity index (χ0) is 23.0. The highest BCUT2D eigenvalue weighted by Gasteiger charge is 2.75. The fraction of sp³-hybridized carbons (Fsp3) is 0.0323. The summed E-state index contributed by atoms with van der Waals surface area (Å²) in [4.78, 5) is 0. The van der Waals surface area contributed by atoms with Crippen molar-refractivity contribution in [1.29, 1.82) is 0 Å². The van der Waals surface area contributed by atoms with E-state index in [1.807, 2.05) is 0 Å². The standard InChI is InChI=1S/C31H27P3/c1-32-33(26-16-6-2-7-17-26,27-18-8-3-9-19-27)30-24-14-15-25-31(30)34(32,28-20-10-4-11-21-28)29-22-12-5-13-23-29/h2-25H,1H3/q+2. The van der Waals surface area contributed by atoms with Gasteiger partial charge in [0.25, 0.3) is 0 Å². The van der Waals surface area contributed by atoms with E-state index in [-0.39, 0.29) is 0 Å². The average Bonchev–Trinajstić information content (AvgIpc) is 3.17. The molecule has 6 rings (SSSR count). The Morgan fingerprint density at radius 1 is 0.353 bits per heavy atom. The van der Waals surface area contributed by atoms with Crippen LogP contribution < -0.4 is 31.8 Å². The maximum Gasteiger partial charge on any atom is 0.237 e. The van der Waals surface area contributed by atoms with Gasteiger partial charge in [-0.1, -0.05) is 84.9 Å².